The fourth-order valence-electron chi connectivity index (χ4n) is 0.712. The van der Waals surface area contributed by atoms with Gasteiger partial charge in [-0.25, -0.2) is 0 Å². The summed E-state index contributed by atoms with van der Waals surface area (Å²) in [6.07, 6.45) is 3.57. The van der Waals surface area contributed by atoms with Gasteiger partial charge in [-0.1, -0.05) is 6.07 Å². The molecule has 1 N–H and O–H groups in total. The van der Waals surface area contributed by atoms with E-state index in [0.29, 0.717) is 0 Å². The second-order valence-electron chi connectivity index (χ2n) is 2.12. The van der Waals surface area contributed by atoms with Crippen molar-refractivity contribution >= 4 is 25.3 Å². The highest BCUT2D eigenvalue weighted by atomic mass is 32.2. The molecule has 11 heavy (non-hydrogen) atoms. The zero-order chi connectivity index (χ0) is 8.10. The van der Waals surface area contributed by atoms with Gasteiger partial charge < -0.3 is 0 Å². The lowest BCUT2D eigenvalue weighted by Crippen LogP contribution is -2.17. The zero-order valence-corrected chi connectivity index (χ0v) is 7.72. The Labute approximate surface area is 77.2 Å². The second kappa shape index (κ2) is 4.64. The number of aromatic nitrogens is 1. The quantitative estimate of drug-likeness (QED) is 0.490. The molecule has 0 unspecified atom stereocenters. The molecule has 1 aromatic rings. The highest BCUT2D eigenvalue weighted by Gasteiger charge is 1.93. The van der Waals surface area contributed by atoms with E-state index in [2.05, 4.69) is 35.6 Å². The molecule has 0 atom stereocenters. The van der Waals surface area contributed by atoms with E-state index in [-0.39, 0.29) is 4.71 Å². The number of nitrogens with zero attached hydrogens (tertiary/aromatic N) is 1. The molecule has 1 rings (SSSR count). The van der Waals surface area contributed by atoms with Gasteiger partial charge in [-0.05, 0) is 11.6 Å². The molecular weight excluding hydrogens is 176 g/mol. The van der Waals surface area contributed by atoms with Crippen molar-refractivity contribution < 1.29 is 0 Å². The summed E-state index contributed by atoms with van der Waals surface area (Å²) in [5.74, 6) is 0. The molecular formula is C7H10N2S2. The average Bonchev–Trinajstić information content (AvgIpc) is 2.03. The van der Waals surface area contributed by atoms with Crippen LogP contribution in [-0.4, -0.2) is 9.69 Å². The van der Waals surface area contributed by atoms with Crippen LogP contribution in [0.3, 0.4) is 0 Å². The van der Waals surface area contributed by atoms with E-state index in [9.17, 15) is 0 Å². The van der Waals surface area contributed by atoms with Crippen LogP contribution in [0.15, 0.2) is 24.5 Å². The van der Waals surface area contributed by atoms with Gasteiger partial charge in [0.1, 0.15) is 0 Å². The van der Waals surface area contributed by atoms with Crippen LogP contribution >= 0.6 is 25.3 Å². The highest BCUT2D eigenvalue weighted by Crippen LogP contribution is 1.99. The molecule has 1 heterocycles. The van der Waals surface area contributed by atoms with Crippen LogP contribution in [0.25, 0.3) is 0 Å². The molecule has 1 aromatic heterocycles. The van der Waals surface area contributed by atoms with Crippen molar-refractivity contribution in [2.45, 2.75) is 11.3 Å². The van der Waals surface area contributed by atoms with Gasteiger partial charge in [-0.15, -0.1) is 25.3 Å². The van der Waals surface area contributed by atoms with Crippen molar-refractivity contribution in [2.75, 3.05) is 0 Å². The lowest BCUT2D eigenvalue weighted by atomic mass is 10.3. The number of pyridine rings is 1. The summed E-state index contributed by atoms with van der Waals surface area (Å²) >= 11 is 8.12. The molecule has 0 aliphatic carbocycles. The number of hydrogen-bond donors (Lipinski definition) is 3. The fraction of sp³-hybridized carbons (Fsp3) is 0.286. The Balaban J connectivity index is 2.39. The average molecular weight is 186 g/mol. The van der Waals surface area contributed by atoms with Crippen LogP contribution in [0.5, 0.6) is 0 Å². The molecule has 0 spiro atoms. The van der Waals surface area contributed by atoms with Crippen LogP contribution in [0.2, 0.25) is 0 Å². The Bertz CT molecular complexity index is 201. The predicted octanol–water partition coefficient (Wildman–Crippen LogP) is 1.31. The van der Waals surface area contributed by atoms with Gasteiger partial charge in [0.25, 0.3) is 0 Å². The Hall–Kier alpha value is -0.190. The lowest BCUT2D eigenvalue weighted by molar-refractivity contribution is 0.770. The Morgan fingerprint density at radius 1 is 1.55 bits per heavy atom. The van der Waals surface area contributed by atoms with Gasteiger partial charge in [0.15, 0.2) is 0 Å². The van der Waals surface area contributed by atoms with E-state index in [0.717, 1.165) is 12.1 Å². The van der Waals surface area contributed by atoms with Crippen LogP contribution in [0.4, 0.5) is 0 Å². The van der Waals surface area contributed by atoms with Crippen LogP contribution < -0.4 is 5.32 Å². The van der Waals surface area contributed by atoms with Crippen molar-refractivity contribution in [1.29, 1.82) is 0 Å². The SMILES string of the molecule is SC(S)NCc1cccnc1. The van der Waals surface area contributed by atoms with Gasteiger partial charge in [0.2, 0.25) is 0 Å². The number of nitrogens with one attached hydrogen (secondary N) is 1. The van der Waals surface area contributed by atoms with E-state index in [1.165, 1.54) is 0 Å². The second-order valence-corrected chi connectivity index (χ2v) is 3.56. The zero-order valence-electron chi connectivity index (χ0n) is 5.94. The largest absolute Gasteiger partial charge is 0.293 e. The molecule has 0 bridgehead atoms. The monoisotopic (exact) mass is 186 g/mol. The topological polar surface area (TPSA) is 24.9 Å². The standard InChI is InChI=1S/C7H10N2S2/c10-7(11)9-5-6-2-1-3-8-4-6/h1-4,7,9-11H,5H2. The maximum Gasteiger partial charge on any atom is 0.0947 e. The number of hydrogen-bond acceptors (Lipinski definition) is 4. The van der Waals surface area contributed by atoms with Gasteiger partial charge in [0, 0.05) is 18.9 Å². The van der Waals surface area contributed by atoms with E-state index in [1.807, 2.05) is 18.3 Å². The maximum absolute atomic E-state index is 4.06. The minimum Gasteiger partial charge on any atom is -0.293 e. The smallest absolute Gasteiger partial charge is 0.0947 e. The van der Waals surface area contributed by atoms with E-state index in [4.69, 9.17) is 0 Å². The minimum atomic E-state index is -0.0739. The van der Waals surface area contributed by atoms with E-state index >= 15 is 0 Å². The summed E-state index contributed by atoms with van der Waals surface area (Å²) < 4.78 is -0.0739. The molecule has 0 radical (unpaired) electrons. The first-order chi connectivity index (χ1) is 5.29. The van der Waals surface area contributed by atoms with Crippen molar-refractivity contribution in [2.24, 2.45) is 0 Å². The summed E-state index contributed by atoms with van der Waals surface area (Å²) in [6.45, 7) is 0.755. The first kappa shape index (κ1) is 8.90. The summed E-state index contributed by atoms with van der Waals surface area (Å²) in [5, 5.41) is 3.05. The third kappa shape index (κ3) is 3.65. The van der Waals surface area contributed by atoms with Crippen LogP contribution in [0.1, 0.15) is 5.56 Å². The first-order valence-corrected chi connectivity index (χ1v) is 4.31. The molecule has 0 aliphatic rings. The number of rotatable bonds is 3. The summed E-state index contributed by atoms with van der Waals surface area (Å²) in [7, 11) is 0. The molecule has 0 saturated heterocycles. The first-order valence-electron chi connectivity index (χ1n) is 3.27. The predicted molar refractivity (Wildman–Crippen MR) is 52.8 cm³/mol. The number of thiol groups is 2. The maximum atomic E-state index is 4.06. The third-order valence-electron chi connectivity index (χ3n) is 1.21. The minimum absolute atomic E-state index is 0.0739. The molecule has 4 heteroatoms. The van der Waals surface area contributed by atoms with Crippen molar-refractivity contribution in [3.63, 3.8) is 0 Å². The Morgan fingerprint density at radius 3 is 2.91 bits per heavy atom. The molecule has 0 saturated carbocycles. The lowest BCUT2D eigenvalue weighted by Gasteiger charge is -2.05. The molecule has 0 aliphatic heterocycles. The molecule has 0 aromatic carbocycles. The van der Waals surface area contributed by atoms with Gasteiger partial charge >= 0.3 is 0 Å². The molecule has 2 nitrogen and oxygen atoms in total. The van der Waals surface area contributed by atoms with Crippen LogP contribution in [0, 0.1) is 0 Å². The molecule has 0 fully saturated rings. The highest BCUT2D eigenvalue weighted by molar-refractivity contribution is 7.99. The van der Waals surface area contributed by atoms with Crippen molar-refractivity contribution in [3.8, 4) is 0 Å². The normalized spacial score (nSPS) is 10.5. The fourth-order valence-corrected chi connectivity index (χ4v) is 0.894. The summed E-state index contributed by atoms with van der Waals surface area (Å²) in [6, 6.07) is 3.91. The molecule has 60 valence electrons. The Morgan fingerprint density at radius 2 is 2.36 bits per heavy atom. The summed E-state index contributed by atoms with van der Waals surface area (Å²) in [5.41, 5.74) is 1.14. The van der Waals surface area contributed by atoms with E-state index in [1.54, 1.807) is 6.20 Å². The van der Waals surface area contributed by atoms with Crippen molar-refractivity contribution in [3.05, 3.63) is 30.1 Å². The van der Waals surface area contributed by atoms with Gasteiger partial charge in [-0.3, -0.25) is 10.3 Å². The van der Waals surface area contributed by atoms with Crippen molar-refractivity contribution in [1.82, 2.24) is 10.3 Å². The summed E-state index contributed by atoms with van der Waals surface area (Å²) in [4.78, 5) is 3.97. The van der Waals surface area contributed by atoms with E-state index < -0.39 is 0 Å². The van der Waals surface area contributed by atoms with Gasteiger partial charge in [-0.2, -0.15) is 0 Å². The Kier molecular flexibility index (Phi) is 3.76. The third-order valence-corrected chi connectivity index (χ3v) is 1.58. The molecule has 0 amide bonds. The van der Waals surface area contributed by atoms with Gasteiger partial charge in [0.05, 0.1) is 4.71 Å². The van der Waals surface area contributed by atoms with Crippen LogP contribution in [-0.2, 0) is 6.54 Å².